The number of carbonyl (C=O) groups excluding carboxylic acids is 2. The zero-order valence-electron chi connectivity index (χ0n) is 28.8. The van der Waals surface area contributed by atoms with Crippen molar-refractivity contribution in [1.29, 1.82) is 0 Å². The molecule has 47 heavy (non-hydrogen) atoms. The molecule has 13 heteroatoms. The minimum atomic E-state index is -0.525. The molecule has 0 saturated carbocycles. The molecule has 2 saturated heterocycles. The van der Waals surface area contributed by atoms with E-state index in [0.29, 0.717) is 31.1 Å². The van der Waals surface area contributed by atoms with Gasteiger partial charge in [-0.25, -0.2) is 9.59 Å². The molecule has 2 aromatic carbocycles. The number of anilines is 1. The summed E-state index contributed by atoms with van der Waals surface area (Å²) in [5.74, 6) is 1.34. The molecule has 2 fully saturated rings. The normalized spacial score (nSPS) is 18.0. The van der Waals surface area contributed by atoms with Gasteiger partial charge in [-0.2, -0.15) is 0 Å². The van der Waals surface area contributed by atoms with Crippen molar-refractivity contribution < 1.29 is 38.6 Å². The van der Waals surface area contributed by atoms with Crippen molar-refractivity contribution >= 4 is 23.6 Å². The van der Waals surface area contributed by atoms with E-state index in [1.165, 1.54) is 12.1 Å². The Hall–Kier alpha value is -4.26. The summed E-state index contributed by atoms with van der Waals surface area (Å²) >= 11 is 0. The number of hydrogen-bond acceptors (Lipinski definition) is 10. The standard InChI is InChI=1S/C16H22N2O5.C16H24N2O3.C2H6O/c1-16(2,3)23-15(19)17-10-4-5-14(11-17)22-13-8-6-12(7-9-13)18(20)21;1-16(2,3)21-15(19)18-10-4-5-14(11-18)20-13-8-6-12(17)7-9-13;1-2-3/h6-9,14H,4-5,10-11H2,1-3H3;6-9,14H,4-5,10-11,17H2,1-3H3;3H,2H2,1H3. The molecule has 2 heterocycles. The molecule has 2 amide bonds. The average molecular weight is 661 g/mol. The maximum absolute atomic E-state index is 12.1. The lowest BCUT2D eigenvalue weighted by molar-refractivity contribution is -0.384. The van der Waals surface area contributed by atoms with Crippen LogP contribution < -0.4 is 15.2 Å². The molecule has 13 nitrogen and oxygen atoms in total. The Labute approximate surface area is 278 Å². The van der Waals surface area contributed by atoms with Crippen molar-refractivity contribution in [3.63, 3.8) is 0 Å². The Balaban J connectivity index is 0.000000303. The van der Waals surface area contributed by atoms with Gasteiger partial charge in [0.05, 0.1) is 18.0 Å². The predicted molar refractivity (Wildman–Crippen MR) is 180 cm³/mol. The van der Waals surface area contributed by atoms with Crippen LogP contribution in [0.3, 0.4) is 0 Å². The summed E-state index contributed by atoms with van der Waals surface area (Å²) in [5.41, 5.74) is 5.39. The molecule has 0 radical (unpaired) electrons. The molecular weight excluding hydrogens is 608 g/mol. The lowest BCUT2D eigenvalue weighted by Crippen LogP contribution is -2.46. The van der Waals surface area contributed by atoms with Crippen molar-refractivity contribution in [3.05, 3.63) is 58.6 Å². The number of carbonyl (C=O) groups is 2. The van der Waals surface area contributed by atoms with Crippen molar-refractivity contribution in [2.45, 2.75) is 97.6 Å². The lowest BCUT2D eigenvalue weighted by atomic mass is 10.1. The summed E-state index contributed by atoms with van der Waals surface area (Å²) in [4.78, 5) is 37.7. The second-order valence-electron chi connectivity index (χ2n) is 13.3. The lowest BCUT2D eigenvalue weighted by Gasteiger charge is -2.34. The number of amides is 2. The minimum Gasteiger partial charge on any atom is -0.489 e. The predicted octanol–water partition coefficient (Wildman–Crippen LogP) is 6.42. The van der Waals surface area contributed by atoms with Crippen LogP contribution in [0.2, 0.25) is 0 Å². The summed E-state index contributed by atoms with van der Waals surface area (Å²) in [6.45, 7) is 15.4. The average Bonchev–Trinajstić information content (AvgIpc) is 2.98. The van der Waals surface area contributed by atoms with Gasteiger partial charge in [-0.1, -0.05) is 0 Å². The molecule has 2 unspecified atom stereocenters. The van der Waals surface area contributed by atoms with Gasteiger partial charge in [-0.3, -0.25) is 10.1 Å². The van der Waals surface area contributed by atoms with Crippen LogP contribution in [0.1, 0.15) is 74.1 Å². The molecule has 2 aromatic rings. The van der Waals surface area contributed by atoms with E-state index >= 15 is 0 Å². The Bertz CT molecular complexity index is 1260. The van der Waals surface area contributed by atoms with E-state index in [0.717, 1.165) is 38.0 Å². The number of piperidine rings is 2. The number of nitrogens with zero attached hydrogens (tertiary/aromatic N) is 3. The third-order valence-corrected chi connectivity index (χ3v) is 6.59. The van der Waals surface area contributed by atoms with Crippen LogP contribution in [0, 0.1) is 10.1 Å². The molecule has 4 rings (SSSR count). The van der Waals surface area contributed by atoms with Crippen LogP contribution >= 0.6 is 0 Å². The highest BCUT2D eigenvalue weighted by Gasteiger charge is 2.30. The number of nitro benzene ring substituents is 1. The molecule has 2 aliphatic heterocycles. The number of benzene rings is 2. The van der Waals surface area contributed by atoms with E-state index in [9.17, 15) is 19.7 Å². The number of nitrogens with two attached hydrogens (primary N) is 1. The van der Waals surface area contributed by atoms with Gasteiger partial charge < -0.3 is 39.6 Å². The Morgan fingerprint density at radius 2 is 1.17 bits per heavy atom. The molecule has 2 aliphatic rings. The molecule has 262 valence electrons. The number of nitrogen functional groups attached to an aromatic ring is 1. The zero-order valence-corrected chi connectivity index (χ0v) is 28.8. The summed E-state index contributed by atoms with van der Waals surface area (Å²) in [6.07, 6.45) is 2.76. The second-order valence-corrected chi connectivity index (χ2v) is 13.3. The fourth-order valence-corrected chi connectivity index (χ4v) is 4.63. The van der Waals surface area contributed by atoms with Gasteiger partial charge in [0.2, 0.25) is 0 Å². The van der Waals surface area contributed by atoms with Crippen LogP contribution in [0.15, 0.2) is 48.5 Å². The van der Waals surface area contributed by atoms with Gasteiger partial charge in [-0.05, 0) is 111 Å². The van der Waals surface area contributed by atoms with E-state index in [1.54, 1.807) is 28.9 Å². The van der Waals surface area contributed by atoms with E-state index in [2.05, 4.69) is 0 Å². The number of non-ortho nitro benzene ring substituents is 1. The van der Waals surface area contributed by atoms with Crippen molar-refractivity contribution in [3.8, 4) is 11.5 Å². The number of rotatable bonds is 5. The first-order valence-corrected chi connectivity index (χ1v) is 16.0. The Morgan fingerprint density at radius 1 is 0.809 bits per heavy atom. The van der Waals surface area contributed by atoms with E-state index in [-0.39, 0.29) is 36.7 Å². The second kappa shape index (κ2) is 18.2. The van der Waals surface area contributed by atoms with Crippen LogP contribution in [0.4, 0.5) is 21.0 Å². The van der Waals surface area contributed by atoms with Crippen LogP contribution in [0.25, 0.3) is 0 Å². The summed E-state index contributed by atoms with van der Waals surface area (Å²) in [7, 11) is 0. The van der Waals surface area contributed by atoms with E-state index in [1.807, 2.05) is 65.8 Å². The third kappa shape index (κ3) is 15.3. The van der Waals surface area contributed by atoms with Gasteiger partial charge in [0.15, 0.2) is 0 Å². The quantitative estimate of drug-likeness (QED) is 0.208. The first-order valence-electron chi connectivity index (χ1n) is 16.0. The number of aliphatic hydroxyl groups excluding tert-OH is 1. The SMILES string of the molecule is CC(C)(C)OC(=O)N1CCCC(Oc2ccc(N)cc2)C1.CC(C)(C)OC(=O)N1CCCC(Oc2ccc([N+](=O)[O-])cc2)C1.CCO. The summed E-state index contributed by atoms with van der Waals surface area (Å²) < 4.78 is 22.5. The summed E-state index contributed by atoms with van der Waals surface area (Å²) in [6, 6.07) is 13.3. The van der Waals surface area contributed by atoms with Gasteiger partial charge >= 0.3 is 12.2 Å². The maximum atomic E-state index is 12.1. The molecule has 2 atom stereocenters. The first kappa shape index (κ1) is 38.9. The highest BCUT2D eigenvalue weighted by atomic mass is 16.6. The van der Waals surface area contributed by atoms with Crippen molar-refractivity contribution in [2.24, 2.45) is 0 Å². The molecule has 0 bridgehead atoms. The minimum absolute atomic E-state index is 0.00473. The third-order valence-electron chi connectivity index (χ3n) is 6.59. The molecule has 0 aliphatic carbocycles. The number of hydrogen-bond donors (Lipinski definition) is 2. The topological polar surface area (TPSA) is 167 Å². The zero-order chi connectivity index (χ0) is 35.2. The van der Waals surface area contributed by atoms with Gasteiger partial charge in [0.1, 0.15) is 34.9 Å². The summed E-state index contributed by atoms with van der Waals surface area (Å²) in [5, 5.41) is 18.2. The van der Waals surface area contributed by atoms with Gasteiger partial charge in [-0.15, -0.1) is 0 Å². The number of aliphatic hydroxyl groups is 1. The molecule has 0 spiro atoms. The van der Waals surface area contributed by atoms with Gasteiger partial charge in [0.25, 0.3) is 5.69 Å². The first-order chi connectivity index (χ1) is 22.0. The van der Waals surface area contributed by atoms with Crippen molar-refractivity contribution in [1.82, 2.24) is 9.80 Å². The maximum Gasteiger partial charge on any atom is 0.410 e. The molecular formula is C34H52N4O9. The number of likely N-dealkylation sites (tertiary alicyclic amines) is 2. The van der Waals surface area contributed by atoms with Crippen molar-refractivity contribution in [2.75, 3.05) is 38.5 Å². The Morgan fingerprint density at radius 3 is 1.51 bits per heavy atom. The number of ether oxygens (including phenoxy) is 4. The molecule has 3 N–H and O–H groups in total. The molecule has 0 aromatic heterocycles. The van der Waals surface area contributed by atoms with E-state index < -0.39 is 16.1 Å². The van der Waals surface area contributed by atoms with Crippen LogP contribution in [0.5, 0.6) is 11.5 Å². The fraction of sp³-hybridized carbons (Fsp3) is 0.588. The highest BCUT2D eigenvalue weighted by molar-refractivity contribution is 5.68. The Kier molecular flexibility index (Phi) is 15.1. The van der Waals surface area contributed by atoms with Crippen LogP contribution in [-0.2, 0) is 9.47 Å². The fourth-order valence-electron chi connectivity index (χ4n) is 4.63. The van der Waals surface area contributed by atoms with E-state index in [4.69, 9.17) is 29.8 Å². The smallest absolute Gasteiger partial charge is 0.410 e. The largest absolute Gasteiger partial charge is 0.489 e. The number of nitro groups is 1. The van der Waals surface area contributed by atoms with Crippen LogP contribution in [-0.4, -0.2) is 88.2 Å². The monoisotopic (exact) mass is 660 g/mol. The highest BCUT2D eigenvalue weighted by Crippen LogP contribution is 2.23. The van der Waals surface area contributed by atoms with Gasteiger partial charge in [0, 0.05) is 37.5 Å².